The molecular formula is C22H26N2O3. The first kappa shape index (κ1) is 19.0. The summed E-state index contributed by atoms with van der Waals surface area (Å²) in [4.78, 5) is 26.9. The molecule has 1 saturated heterocycles. The number of rotatable bonds is 5. The van der Waals surface area contributed by atoms with Crippen LogP contribution in [-0.4, -0.2) is 36.9 Å². The number of ether oxygens (including phenoxy) is 1. The Hall–Kier alpha value is -2.82. The van der Waals surface area contributed by atoms with Gasteiger partial charge in [0, 0.05) is 31.1 Å². The zero-order valence-electron chi connectivity index (χ0n) is 15.9. The van der Waals surface area contributed by atoms with Gasteiger partial charge < -0.3 is 15.0 Å². The number of aryl methyl sites for hydroxylation is 1. The first-order chi connectivity index (χ1) is 13.1. The molecule has 0 bridgehead atoms. The summed E-state index contributed by atoms with van der Waals surface area (Å²) in [7, 11) is 1.60. The number of piperidine rings is 1. The Morgan fingerprint density at radius 2 is 1.74 bits per heavy atom. The lowest BCUT2D eigenvalue weighted by Gasteiger charge is -2.31. The second kappa shape index (κ2) is 8.71. The summed E-state index contributed by atoms with van der Waals surface area (Å²) in [6.07, 6.45) is 1.39. The highest BCUT2D eigenvalue weighted by molar-refractivity contribution is 5.94. The van der Waals surface area contributed by atoms with E-state index < -0.39 is 0 Å². The van der Waals surface area contributed by atoms with Gasteiger partial charge in [-0.2, -0.15) is 0 Å². The molecule has 27 heavy (non-hydrogen) atoms. The lowest BCUT2D eigenvalue weighted by molar-refractivity contribution is -0.126. The molecule has 3 rings (SSSR count). The number of methoxy groups -OCH3 is 1. The lowest BCUT2D eigenvalue weighted by atomic mass is 9.95. The number of benzene rings is 2. The van der Waals surface area contributed by atoms with Crippen molar-refractivity contribution in [3.63, 3.8) is 0 Å². The lowest BCUT2D eigenvalue weighted by Crippen LogP contribution is -2.42. The third-order valence-electron chi connectivity index (χ3n) is 5.20. The molecule has 1 fully saturated rings. The van der Waals surface area contributed by atoms with E-state index in [0.717, 1.165) is 11.3 Å². The summed E-state index contributed by atoms with van der Waals surface area (Å²) in [6.45, 7) is 3.81. The van der Waals surface area contributed by atoms with Gasteiger partial charge in [-0.15, -0.1) is 0 Å². The average Bonchev–Trinajstić information content (AvgIpc) is 2.72. The van der Waals surface area contributed by atoms with Crippen molar-refractivity contribution in [3.05, 3.63) is 65.2 Å². The van der Waals surface area contributed by atoms with Crippen LogP contribution in [0.5, 0.6) is 5.75 Å². The van der Waals surface area contributed by atoms with E-state index >= 15 is 0 Å². The van der Waals surface area contributed by atoms with Crippen LogP contribution in [0.15, 0.2) is 48.5 Å². The smallest absolute Gasteiger partial charge is 0.253 e. The monoisotopic (exact) mass is 366 g/mol. The topological polar surface area (TPSA) is 58.6 Å². The summed E-state index contributed by atoms with van der Waals surface area (Å²) >= 11 is 0. The second-order valence-electron chi connectivity index (χ2n) is 6.94. The molecule has 2 amide bonds. The van der Waals surface area contributed by atoms with Crippen molar-refractivity contribution >= 4 is 11.8 Å². The van der Waals surface area contributed by atoms with Crippen LogP contribution < -0.4 is 10.1 Å². The Bertz CT molecular complexity index is 793. The first-order valence-corrected chi connectivity index (χ1v) is 9.34. The maximum atomic E-state index is 12.6. The minimum absolute atomic E-state index is 0.0106. The summed E-state index contributed by atoms with van der Waals surface area (Å²) < 4.78 is 5.13. The van der Waals surface area contributed by atoms with E-state index in [1.807, 2.05) is 36.1 Å². The molecule has 1 aliphatic heterocycles. The SMILES string of the molecule is COc1ccc(C(=O)N2CCC(C(=O)NCc3ccccc3C)CC2)cc1. The third-order valence-corrected chi connectivity index (χ3v) is 5.20. The van der Waals surface area contributed by atoms with Gasteiger partial charge in [0.2, 0.25) is 5.91 Å². The van der Waals surface area contributed by atoms with Crippen molar-refractivity contribution in [2.75, 3.05) is 20.2 Å². The number of nitrogens with zero attached hydrogens (tertiary/aromatic N) is 1. The van der Waals surface area contributed by atoms with E-state index in [2.05, 4.69) is 5.32 Å². The quantitative estimate of drug-likeness (QED) is 0.884. The molecule has 0 spiro atoms. The molecule has 2 aromatic carbocycles. The molecule has 5 nitrogen and oxygen atoms in total. The highest BCUT2D eigenvalue weighted by Gasteiger charge is 2.27. The number of amides is 2. The van der Waals surface area contributed by atoms with Crippen molar-refractivity contribution < 1.29 is 14.3 Å². The normalized spacial score (nSPS) is 14.7. The van der Waals surface area contributed by atoms with Crippen molar-refractivity contribution in [1.82, 2.24) is 10.2 Å². The number of carbonyl (C=O) groups excluding carboxylic acids is 2. The van der Waals surface area contributed by atoms with E-state index in [1.165, 1.54) is 5.56 Å². The third kappa shape index (κ3) is 4.67. The van der Waals surface area contributed by atoms with Crippen LogP contribution in [-0.2, 0) is 11.3 Å². The highest BCUT2D eigenvalue weighted by Crippen LogP contribution is 2.21. The molecule has 1 aliphatic rings. The zero-order chi connectivity index (χ0) is 19.2. The van der Waals surface area contributed by atoms with Gasteiger partial charge >= 0.3 is 0 Å². The summed E-state index contributed by atoms with van der Waals surface area (Å²) in [5.41, 5.74) is 2.97. The second-order valence-corrected chi connectivity index (χ2v) is 6.94. The predicted octanol–water partition coefficient (Wildman–Crippen LogP) is 3.17. The molecule has 0 aromatic heterocycles. The Labute approximate surface area is 160 Å². The summed E-state index contributed by atoms with van der Waals surface area (Å²) in [5, 5.41) is 3.04. The van der Waals surface area contributed by atoms with Crippen LogP contribution in [0.25, 0.3) is 0 Å². The van der Waals surface area contributed by atoms with Crippen molar-refractivity contribution in [2.24, 2.45) is 5.92 Å². The van der Waals surface area contributed by atoms with Crippen LogP contribution >= 0.6 is 0 Å². The van der Waals surface area contributed by atoms with Gasteiger partial charge in [-0.05, 0) is 55.2 Å². The van der Waals surface area contributed by atoms with Gasteiger partial charge in [0.15, 0.2) is 0 Å². The van der Waals surface area contributed by atoms with E-state index in [9.17, 15) is 9.59 Å². The van der Waals surface area contributed by atoms with Crippen LogP contribution in [0.4, 0.5) is 0 Å². The summed E-state index contributed by atoms with van der Waals surface area (Å²) in [6, 6.07) is 15.2. The van der Waals surface area contributed by atoms with Crippen molar-refractivity contribution in [2.45, 2.75) is 26.3 Å². The van der Waals surface area contributed by atoms with Gasteiger partial charge in [0.25, 0.3) is 5.91 Å². The number of nitrogens with one attached hydrogen (secondary N) is 1. The van der Waals surface area contributed by atoms with E-state index in [0.29, 0.717) is 38.0 Å². The number of likely N-dealkylation sites (tertiary alicyclic amines) is 1. The van der Waals surface area contributed by atoms with E-state index in [-0.39, 0.29) is 17.7 Å². The van der Waals surface area contributed by atoms with Crippen LogP contribution in [0.3, 0.4) is 0 Å². The Kier molecular flexibility index (Phi) is 6.12. The van der Waals surface area contributed by atoms with Crippen LogP contribution in [0.1, 0.15) is 34.3 Å². The Morgan fingerprint density at radius 1 is 1.07 bits per heavy atom. The zero-order valence-corrected chi connectivity index (χ0v) is 15.9. The standard InChI is InChI=1S/C22H26N2O3/c1-16-5-3-4-6-19(16)15-23-21(25)17-11-13-24(14-12-17)22(26)18-7-9-20(27-2)10-8-18/h3-10,17H,11-15H2,1-2H3,(H,23,25). The maximum absolute atomic E-state index is 12.6. The van der Waals surface area contributed by atoms with Gasteiger partial charge in [-0.3, -0.25) is 9.59 Å². The number of carbonyl (C=O) groups is 2. The molecule has 5 heteroatoms. The highest BCUT2D eigenvalue weighted by atomic mass is 16.5. The number of hydrogen-bond acceptors (Lipinski definition) is 3. The van der Waals surface area contributed by atoms with Gasteiger partial charge in [0.1, 0.15) is 5.75 Å². The fourth-order valence-electron chi connectivity index (χ4n) is 3.40. The molecule has 0 unspecified atom stereocenters. The minimum Gasteiger partial charge on any atom is -0.497 e. The van der Waals surface area contributed by atoms with Crippen LogP contribution in [0.2, 0.25) is 0 Å². The largest absolute Gasteiger partial charge is 0.497 e. The fraction of sp³-hybridized carbons (Fsp3) is 0.364. The molecule has 1 N–H and O–H groups in total. The molecule has 0 radical (unpaired) electrons. The molecule has 142 valence electrons. The Morgan fingerprint density at radius 3 is 2.37 bits per heavy atom. The minimum atomic E-state index is -0.0334. The molecule has 0 atom stereocenters. The molecule has 2 aromatic rings. The van der Waals surface area contributed by atoms with E-state index in [4.69, 9.17) is 4.74 Å². The number of hydrogen-bond donors (Lipinski definition) is 1. The molecule has 0 saturated carbocycles. The molecular weight excluding hydrogens is 340 g/mol. The van der Waals surface area contributed by atoms with Gasteiger partial charge in [-0.25, -0.2) is 0 Å². The predicted molar refractivity (Wildman–Crippen MR) is 105 cm³/mol. The van der Waals surface area contributed by atoms with Crippen molar-refractivity contribution in [3.8, 4) is 5.75 Å². The Balaban J connectivity index is 1.49. The molecule has 1 heterocycles. The van der Waals surface area contributed by atoms with E-state index in [1.54, 1.807) is 31.4 Å². The van der Waals surface area contributed by atoms with Crippen LogP contribution in [0, 0.1) is 12.8 Å². The van der Waals surface area contributed by atoms with Gasteiger partial charge in [-0.1, -0.05) is 24.3 Å². The first-order valence-electron chi connectivity index (χ1n) is 9.34. The van der Waals surface area contributed by atoms with Gasteiger partial charge in [0.05, 0.1) is 7.11 Å². The van der Waals surface area contributed by atoms with Crippen molar-refractivity contribution in [1.29, 1.82) is 0 Å². The summed E-state index contributed by atoms with van der Waals surface area (Å²) in [5.74, 6) is 0.788. The maximum Gasteiger partial charge on any atom is 0.253 e. The molecule has 0 aliphatic carbocycles. The average molecular weight is 366 g/mol. The fourth-order valence-corrected chi connectivity index (χ4v) is 3.40.